The van der Waals surface area contributed by atoms with E-state index >= 15 is 0 Å². The number of hydrogen-bond acceptors (Lipinski definition) is 3. The van der Waals surface area contributed by atoms with Crippen LogP contribution in [0.5, 0.6) is 0 Å². The summed E-state index contributed by atoms with van der Waals surface area (Å²) in [5.41, 5.74) is 0.713. The molecule has 1 aliphatic rings. The number of halogens is 3. The number of fused-ring (bicyclic) bond motifs is 1. The Balaban J connectivity index is 2.09. The fraction of sp³-hybridized carbons (Fsp3) is 0.571. The molecule has 0 spiro atoms. The number of unbranched alkanes of at least 4 members (excludes halogenated alkanes) is 1. The van der Waals surface area contributed by atoms with Crippen LogP contribution in [0.2, 0.25) is 0 Å². The molecular formula is C14H18F3N3O2. The standard InChI is InChI=1S/C14H18F3N3O2/c15-14(16,17)10-7-9-8-18-6-4-11(9)20-12(10)3-1-2-5-19-13(21)22/h7,18-19H,1-6,8H2,(H,21,22). The van der Waals surface area contributed by atoms with E-state index in [1.165, 1.54) is 6.07 Å². The van der Waals surface area contributed by atoms with Gasteiger partial charge in [0.2, 0.25) is 0 Å². The quantitative estimate of drug-likeness (QED) is 0.729. The molecule has 1 aromatic rings. The maximum absolute atomic E-state index is 13.1. The molecule has 0 aliphatic carbocycles. The molecule has 1 aliphatic heterocycles. The smallest absolute Gasteiger partial charge is 0.418 e. The molecule has 1 aromatic heterocycles. The van der Waals surface area contributed by atoms with Gasteiger partial charge in [0.05, 0.1) is 11.3 Å². The lowest BCUT2D eigenvalue weighted by molar-refractivity contribution is -0.138. The molecule has 0 saturated heterocycles. The molecule has 0 atom stereocenters. The lowest BCUT2D eigenvalue weighted by Crippen LogP contribution is -2.26. The zero-order valence-corrected chi connectivity index (χ0v) is 12.0. The van der Waals surface area contributed by atoms with Crippen LogP contribution in [0.1, 0.15) is 35.4 Å². The zero-order chi connectivity index (χ0) is 16.2. The van der Waals surface area contributed by atoms with Crippen molar-refractivity contribution in [2.24, 2.45) is 0 Å². The minimum absolute atomic E-state index is 0.0588. The van der Waals surface area contributed by atoms with Crippen molar-refractivity contribution in [2.75, 3.05) is 13.1 Å². The third-order valence-electron chi connectivity index (χ3n) is 3.55. The van der Waals surface area contributed by atoms with Crippen molar-refractivity contribution < 1.29 is 23.1 Å². The Hall–Kier alpha value is -1.83. The van der Waals surface area contributed by atoms with Gasteiger partial charge in [0, 0.05) is 31.7 Å². The van der Waals surface area contributed by atoms with Gasteiger partial charge in [-0.1, -0.05) is 0 Å². The van der Waals surface area contributed by atoms with Crippen LogP contribution >= 0.6 is 0 Å². The molecule has 1 amide bonds. The lowest BCUT2D eigenvalue weighted by Gasteiger charge is -2.20. The number of carboxylic acid groups (broad SMARTS) is 1. The first-order valence-corrected chi connectivity index (χ1v) is 7.14. The predicted molar refractivity (Wildman–Crippen MR) is 73.6 cm³/mol. The molecule has 0 aromatic carbocycles. The summed E-state index contributed by atoms with van der Waals surface area (Å²) in [7, 11) is 0. The van der Waals surface area contributed by atoms with Crippen LogP contribution in [0.15, 0.2) is 6.07 Å². The average Bonchev–Trinajstić information content (AvgIpc) is 2.44. The van der Waals surface area contributed by atoms with Crippen molar-refractivity contribution in [1.29, 1.82) is 0 Å². The number of amides is 1. The Morgan fingerprint density at radius 1 is 1.41 bits per heavy atom. The van der Waals surface area contributed by atoms with Gasteiger partial charge < -0.3 is 15.7 Å². The fourth-order valence-corrected chi connectivity index (χ4v) is 2.48. The van der Waals surface area contributed by atoms with Crippen LogP contribution in [-0.4, -0.2) is 29.3 Å². The number of nitrogens with zero attached hydrogens (tertiary/aromatic N) is 1. The molecule has 3 N–H and O–H groups in total. The van der Waals surface area contributed by atoms with Gasteiger partial charge in [-0.3, -0.25) is 4.98 Å². The van der Waals surface area contributed by atoms with E-state index in [9.17, 15) is 18.0 Å². The summed E-state index contributed by atoms with van der Waals surface area (Å²) in [6, 6.07) is 1.19. The van der Waals surface area contributed by atoms with Gasteiger partial charge in [0.1, 0.15) is 0 Å². The normalized spacial score (nSPS) is 14.5. The van der Waals surface area contributed by atoms with Gasteiger partial charge in [-0.15, -0.1) is 0 Å². The van der Waals surface area contributed by atoms with Crippen molar-refractivity contribution >= 4 is 6.09 Å². The molecule has 5 nitrogen and oxygen atoms in total. The van der Waals surface area contributed by atoms with Crippen LogP contribution < -0.4 is 10.6 Å². The van der Waals surface area contributed by atoms with E-state index < -0.39 is 17.8 Å². The highest BCUT2D eigenvalue weighted by molar-refractivity contribution is 5.64. The number of pyridine rings is 1. The third-order valence-corrected chi connectivity index (χ3v) is 3.55. The first kappa shape index (κ1) is 16.5. The second kappa shape index (κ2) is 6.95. The summed E-state index contributed by atoms with van der Waals surface area (Å²) in [6.07, 6.45) is -3.81. The number of aryl methyl sites for hydroxylation is 1. The number of alkyl halides is 3. The minimum atomic E-state index is -4.42. The largest absolute Gasteiger partial charge is 0.465 e. The van der Waals surface area contributed by atoms with Crippen LogP contribution in [0.25, 0.3) is 0 Å². The van der Waals surface area contributed by atoms with Gasteiger partial charge in [-0.05, 0) is 30.9 Å². The van der Waals surface area contributed by atoms with Gasteiger partial charge >= 0.3 is 12.3 Å². The fourth-order valence-electron chi connectivity index (χ4n) is 2.48. The van der Waals surface area contributed by atoms with E-state index in [2.05, 4.69) is 15.6 Å². The van der Waals surface area contributed by atoms with Crippen molar-refractivity contribution in [3.63, 3.8) is 0 Å². The van der Waals surface area contributed by atoms with E-state index in [1.54, 1.807) is 0 Å². The van der Waals surface area contributed by atoms with Crippen LogP contribution in [0.4, 0.5) is 18.0 Å². The number of carbonyl (C=O) groups is 1. The SMILES string of the molecule is O=C(O)NCCCCc1nc2c(cc1C(F)(F)F)CNCC2. The molecule has 22 heavy (non-hydrogen) atoms. The maximum atomic E-state index is 13.1. The Morgan fingerprint density at radius 2 is 2.18 bits per heavy atom. The van der Waals surface area contributed by atoms with E-state index in [0.717, 1.165) is 5.69 Å². The third kappa shape index (κ3) is 4.33. The Bertz CT molecular complexity index is 547. The number of rotatable bonds is 5. The Labute approximate surface area is 125 Å². The summed E-state index contributed by atoms with van der Waals surface area (Å²) in [4.78, 5) is 14.5. The topological polar surface area (TPSA) is 74.2 Å². The van der Waals surface area contributed by atoms with Crippen molar-refractivity contribution in [1.82, 2.24) is 15.6 Å². The van der Waals surface area contributed by atoms with Crippen LogP contribution in [0, 0.1) is 0 Å². The Morgan fingerprint density at radius 3 is 2.86 bits per heavy atom. The molecule has 122 valence electrons. The lowest BCUT2D eigenvalue weighted by atomic mass is 10.00. The molecule has 0 unspecified atom stereocenters. The summed E-state index contributed by atoms with van der Waals surface area (Å²) in [6.45, 7) is 1.35. The molecule has 0 fully saturated rings. The highest BCUT2D eigenvalue weighted by Gasteiger charge is 2.35. The predicted octanol–water partition coefficient (Wildman–Crippen LogP) is 2.34. The van der Waals surface area contributed by atoms with Crippen molar-refractivity contribution in [3.8, 4) is 0 Å². The van der Waals surface area contributed by atoms with E-state index in [-0.39, 0.29) is 18.7 Å². The monoisotopic (exact) mass is 317 g/mol. The van der Waals surface area contributed by atoms with E-state index in [1.807, 2.05) is 0 Å². The molecule has 0 radical (unpaired) electrons. The zero-order valence-electron chi connectivity index (χ0n) is 12.0. The molecule has 8 heteroatoms. The van der Waals surface area contributed by atoms with Crippen molar-refractivity contribution in [3.05, 3.63) is 28.6 Å². The molecule has 0 saturated carbocycles. The molecule has 2 heterocycles. The molecular weight excluding hydrogens is 299 g/mol. The first-order valence-electron chi connectivity index (χ1n) is 7.14. The highest BCUT2D eigenvalue weighted by atomic mass is 19.4. The number of aromatic nitrogens is 1. The van der Waals surface area contributed by atoms with Gasteiger partial charge in [0.15, 0.2) is 0 Å². The number of hydrogen-bond donors (Lipinski definition) is 3. The van der Waals surface area contributed by atoms with Gasteiger partial charge in [-0.25, -0.2) is 4.79 Å². The summed E-state index contributed by atoms with van der Waals surface area (Å²) in [5, 5.41) is 13.7. The Kier molecular flexibility index (Phi) is 5.23. The highest BCUT2D eigenvalue weighted by Crippen LogP contribution is 2.33. The second-order valence-corrected chi connectivity index (χ2v) is 5.20. The van der Waals surface area contributed by atoms with E-state index in [0.29, 0.717) is 37.9 Å². The average molecular weight is 317 g/mol. The van der Waals surface area contributed by atoms with Crippen LogP contribution in [0.3, 0.4) is 0 Å². The van der Waals surface area contributed by atoms with Crippen LogP contribution in [-0.2, 0) is 25.6 Å². The minimum Gasteiger partial charge on any atom is -0.465 e. The molecule has 2 rings (SSSR count). The second-order valence-electron chi connectivity index (χ2n) is 5.20. The summed E-state index contributed by atoms with van der Waals surface area (Å²) >= 11 is 0. The first-order chi connectivity index (χ1) is 10.4. The van der Waals surface area contributed by atoms with E-state index in [4.69, 9.17) is 5.11 Å². The van der Waals surface area contributed by atoms with Crippen molar-refractivity contribution in [2.45, 2.75) is 38.4 Å². The number of nitrogens with one attached hydrogen (secondary N) is 2. The summed E-state index contributed by atoms with van der Waals surface area (Å²) in [5.74, 6) is 0. The maximum Gasteiger partial charge on any atom is 0.418 e. The summed E-state index contributed by atoms with van der Waals surface area (Å²) < 4.78 is 39.4. The van der Waals surface area contributed by atoms with Gasteiger partial charge in [-0.2, -0.15) is 13.2 Å². The molecule has 0 bridgehead atoms. The van der Waals surface area contributed by atoms with Gasteiger partial charge in [0.25, 0.3) is 0 Å².